The van der Waals surface area contributed by atoms with Crippen LogP contribution in [0.1, 0.15) is 11.1 Å². The van der Waals surface area contributed by atoms with Crippen LogP contribution >= 0.6 is 0 Å². The normalized spacial score (nSPS) is 16.4. The van der Waals surface area contributed by atoms with E-state index in [2.05, 4.69) is 4.90 Å². The Morgan fingerprint density at radius 3 is 1.92 bits per heavy atom. The van der Waals surface area contributed by atoms with E-state index in [1.165, 1.54) is 0 Å². The summed E-state index contributed by atoms with van der Waals surface area (Å²) in [4.78, 5) is 2.13. The molecule has 0 bridgehead atoms. The van der Waals surface area contributed by atoms with E-state index in [0.29, 0.717) is 0 Å². The van der Waals surface area contributed by atoms with E-state index in [-0.39, 0.29) is 11.5 Å². The highest BCUT2D eigenvalue weighted by molar-refractivity contribution is 5.46. The maximum absolute atomic E-state index is 9.20. The first-order valence-corrected chi connectivity index (χ1v) is 3.89. The van der Waals surface area contributed by atoms with E-state index >= 15 is 0 Å². The summed E-state index contributed by atoms with van der Waals surface area (Å²) in [6, 6.07) is 3.27. The second kappa shape index (κ2) is 2.38. The van der Waals surface area contributed by atoms with Crippen LogP contribution in [0.4, 0.5) is 0 Å². The van der Waals surface area contributed by atoms with Gasteiger partial charge in [0.25, 0.3) is 0 Å². The van der Waals surface area contributed by atoms with E-state index in [0.717, 1.165) is 24.2 Å². The Morgan fingerprint density at radius 1 is 1.08 bits per heavy atom. The van der Waals surface area contributed by atoms with Crippen LogP contribution in [0.25, 0.3) is 0 Å². The van der Waals surface area contributed by atoms with Crippen LogP contribution in [0.2, 0.25) is 0 Å². The van der Waals surface area contributed by atoms with Gasteiger partial charge in [0, 0.05) is 13.1 Å². The molecule has 1 aromatic rings. The molecule has 0 spiro atoms. The van der Waals surface area contributed by atoms with Crippen LogP contribution in [0.15, 0.2) is 12.1 Å². The molecular formula is C9H11NO2. The van der Waals surface area contributed by atoms with Crippen LogP contribution < -0.4 is 0 Å². The largest absolute Gasteiger partial charge is 0.504 e. The number of hydrogen-bond donors (Lipinski definition) is 2. The molecule has 3 nitrogen and oxygen atoms in total. The van der Waals surface area contributed by atoms with Gasteiger partial charge in [-0.15, -0.1) is 0 Å². The zero-order chi connectivity index (χ0) is 8.72. The molecule has 1 aliphatic rings. The summed E-state index contributed by atoms with van der Waals surface area (Å²) >= 11 is 0. The molecule has 1 heterocycles. The van der Waals surface area contributed by atoms with E-state index in [1.54, 1.807) is 12.1 Å². The van der Waals surface area contributed by atoms with Crippen molar-refractivity contribution in [1.29, 1.82) is 0 Å². The fourth-order valence-electron chi connectivity index (χ4n) is 1.60. The molecule has 2 N–H and O–H groups in total. The van der Waals surface area contributed by atoms with Crippen LogP contribution in [-0.4, -0.2) is 22.2 Å². The van der Waals surface area contributed by atoms with Gasteiger partial charge in [-0.05, 0) is 30.3 Å². The van der Waals surface area contributed by atoms with Crippen molar-refractivity contribution in [1.82, 2.24) is 4.90 Å². The van der Waals surface area contributed by atoms with Gasteiger partial charge in [0.1, 0.15) is 0 Å². The third kappa shape index (κ3) is 1.02. The average molecular weight is 165 g/mol. The van der Waals surface area contributed by atoms with Crippen molar-refractivity contribution >= 4 is 0 Å². The second-order valence-electron chi connectivity index (χ2n) is 3.28. The molecule has 1 aliphatic heterocycles. The summed E-state index contributed by atoms with van der Waals surface area (Å²) in [5.41, 5.74) is 2.21. The van der Waals surface area contributed by atoms with Crippen LogP contribution in [0, 0.1) is 0 Å². The molecule has 12 heavy (non-hydrogen) atoms. The number of phenolic OH excluding ortho intramolecular Hbond substituents is 2. The Kier molecular flexibility index (Phi) is 1.48. The minimum Gasteiger partial charge on any atom is -0.504 e. The van der Waals surface area contributed by atoms with Crippen molar-refractivity contribution in [3.63, 3.8) is 0 Å². The van der Waals surface area contributed by atoms with E-state index in [1.807, 2.05) is 7.05 Å². The maximum Gasteiger partial charge on any atom is 0.157 e. The maximum atomic E-state index is 9.20. The topological polar surface area (TPSA) is 43.7 Å². The van der Waals surface area contributed by atoms with Crippen LogP contribution in [0.5, 0.6) is 11.5 Å². The zero-order valence-corrected chi connectivity index (χ0v) is 6.91. The lowest BCUT2D eigenvalue weighted by Crippen LogP contribution is -2.07. The molecule has 0 saturated carbocycles. The minimum absolute atomic E-state index is 0.0240. The zero-order valence-electron chi connectivity index (χ0n) is 6.91. The third-order valence-corrected chi connectivity index (χ3v) is 2.18. The number of rotatable bonds is 0. The molecule has 0 amide bonds. The highest BCUT2D eigenvalue weighted by Crippen LogP contribution is 2.32. The first-order chi connectivity index (χ1) is 5.66. The predicted molar refractivity (Wildman–Crippen MR) is 44.9 cm³/mol. The van der Waals surface area contributed by atoms with Gasteiger partial charge in [0.05, 0.1) is 0 Å². The molecule has 1 aromatic carbocycles. The van der Waals surface area contributed by atoms with Gasteiger partial charge in [0.15, 0.2) is 11.5 Å². The Balaban J connectivity index is 2.48. The average Bonchev–Trinajstić information content (AvgIpc) is 2.30. The van der Waals surface area contributed by atoms with E-state index < -0.39 is 0 Å². The van der Waals surface area contributed by atoms with E-state index in [4.69, 9.17) is 0 Å². The van der Waals surface area contributed by atoms with Crippen molar-refractivity contribution < 1.29 is 10.2 Å². The van der Waals surface area contributed by atoms with Gasteiger partial charge in [-0.2, -0.15) is 0 Å². The smallest absolute Gasteiger partial charge is 0.157 e. The van der Waals surface area contributed by atoms with Crippen LogP contribution in [0.3, 0.4) is 0 Å². The summed E-state index contributed by atoms with van der Waals surface area (Å²) < 4.78 is 0. The Bertz CT molecular complexity index is 292. The minimum atomic E-state index is -0.0240. The molecule has 3 heteroatoms. The summed E-state index contributed by atoms with van der Waals surface area (Å²) in [7, 11) is 2.01. The number of benzene rings is 1. The molecule has 0 fully saturated rings. The molecule has 0 saturated heterocycles. The summed E-state index contributed by atoms with van der Waals surface area (Å²) in [5.74, 6) is -0.0481. The number of fused-ring (bicyclic) bond motifs is 1. The molecule has 0 aliphatic carbocycles. The van der Waals surface area contributed by atoms with Crippen molar-refractivity contribution in [3.05, 3.63) is 23.3 Å². The predicted octanol–water partition coefficient (Wildman–Crippen LogP) is 1.04. The van der Waals surface area contributed by atoms with Crippen LogP contribution in [-0.2, 0) is 13.1 Å². The third-order valence-electron chi connectivity index (χ3n) is 2.18. The number of aromatic hydroxyl groups is 2. The lowest BCUT2D eigenvalue weighted by atomic mass is 10.1. The summed E-state index contributed by atoms with van der Waals surface area (Å²) in [5, 5.41) is 18.4. The summed E-state index contributed by atoms with van der Waals surface area (Å²) in [6.07, 6.45) is 0. The van der Waals surface area contributed by atoms with Crippen molar-refractivity contribution in [2.45, 2.75) is 13.1 Å². The molecule has 64 valence electrons. The standard InChI is InChI=1S/C9H11NO2/c1-10-4-6-2-8(11)9(12)3-7(6)5-10/h2-3,11-12H,4-5H2,1H3. The monoisotopic (exact) mass is 165 g/mol. The van der Waals surface area contributed by atoms with Crippen molar-refractivity contribution in [2.24, 2.45) is 0 Å². The highest BCUT2D eigenvalue weighted by Gasteiger charge is 2.17. The number of nitrogens with zero attached hydrogens (tertiary/aromatic N) is 1. The van der Waals surface area contributed by atoms with Gasteiger partial charge < -0.3 is 10.2 Å². The van der Waals surface area contributed by atoms with Gasteiger partial charge in [-0.3, -0.25) is 4.90 Å². The Morgan fingerprint density at radius 2 is 1.50 bits per heavy atom. The Labute approximate surface area is 70.9 Å². The van der Waals surface area contributed by atoms with Crippen molar-refractivity contribution in [3.8, 4) is 11.5 Å². The van der Waals surface area contributed by atoms with Gasteiger partial charge in [-0.25, -0.2) is 0 Å². The molecule has 0 unspecified atom stereocenters. The highest BCUT2D eigenvalue weighted by atomic mass is 16.3. The molecular weight excluding hydrogens is 154 g/mol. The molecule has 0 aromatic heterocycles. The number of phenols is 2. The Hall–Kier alpha value is -1.22. The van der Waals surface area contributed by atoms with Gasteiger partial charge in [0.2, 0.25) is 0 Å². The number of hydrogen-bond acceptors (Lipinski definition) is 3. The lowest BCUT2D eigenvalue weighted by Gasteiger charge is -2.02. The molecule has 2 rings (SSSR count). The first kappa shape index (κ1) is 7.43. The van der Waals surface area contributed by atoms with Crippen molar-refractivity contribution in [2.75, 3.05) is 7.05 Å². The second-order valence-corrected chi connectivity index (χ2v) is 3.28. The summed E-state index contributed by atoms with van der Waals surface area (Å²) in [6.45, 7) is 1.70. The van der Waals surface area contributed by atoms with Gasteiger partial charge >= 0.3 is 0 Å². The quantitative estimate of drug-likeness (QED) is 0.564. The molecule has 0 radical (unpaired) electrons. The van der Waals surface area contributed by atoms with E-state index in [9.17, 15) is 10.2 Å². The fraction of sp³-hybridized carbons (Fsp3) is 0.333. The SMILES string of the molecule is CN1Cc2cc(O)c(O)cc2C1. The molecule has 0 atom stereocenters. The first-order valence-electron chi connectivity index (χ1n) is 3.89. The lowest BCUT2D eigenvalue weighted by molar-refractivity contribution is 0.353. The van der Waals surface area contributed by atoms with Gasteiger partial charge in [-0.1, -0.05) is 0 Å². The fourth-order valence-corrected chi connectivity index (χ4v) is 1.60.